The molecule has 2 aromatic rings. The van der Waals surface area contributed by atoms with E-state index in [-0.39, 0.29) is 0 Å². The molecule has 0 unspecified atom stereocenters. The summed E-state index contributed by atoms with van der Waals surface area (Å²) in [7, 11) is 0. The quantitative estimate of drug-likeness (QED) is 0.697. The van der Waals surface area contributed by atoms with E-state index in [4.69, 9.17) is 11.6 Å². The number of halogens is 2. The lowest BCUT2D eigenvalue weighted by molar-refractivity contribution is 0.935. The monoisotopic (exact) mass is 231 g/mol. The summed E-state index contributed by atoms with van der Waals surface area (Å²) in [5.74, 6) is 0. The minimum Gasteiger partial charge on any atom is -0.219 e. The number of rotatable bonds is 0. The molecule has 2 aromatic heterocycles. The van der Waals surface area contributed by atoms with E-state index in [0.717, 1.165) is 4.60 Å². The molecule has 56 valence electrons. The highest BCUT2D eigenvalue weighted by molar-refractivity contribution is 9.10. The van der Waals surface area contributed by atoms with Crippen molar-refractivity contribution < 1.29 is 0 Å². The Kier molecular flexibility index (Phi) is 1.58. The molecule has 0 saturated carbocycles. The first-order valence-electron chi connectivity index (χ1n) is 2.93. The summed E-state index contributed by atoms with van der Waals surface area (Å²) < 4.78 is 2.35. The van der Waals surface area contributed by atoms with Crippen molar-refractivity contribution >= 4 is 33.2 Å². The number of imidazole rings is 1. The molecule has 0 spiro atoms. The van der Waals surface area contributed by atoms with Gasteiger partial charge in [0.05, 0.1) is 11.2 Å². The van der Waals surface area contributed by atoms with E-state index in [1.807, 2.05) is 0 Å². The van der Waals surface area contributed by atoms with Crippen molar-refractivity contribution in [2.24, 2.45) is 0 Å². The maximum Gasteiger partial charge on any atom is 0.173 e. The van der Waals surface area contributed by atoms with E-state index in [2.05, 4.69) is 26.0 Å². The molecular formula is C6H3BrClN3. The van der Waals surface area contributed by atoms with Crippen LogP contribution in [0.5, 0.6) is 0 Å². The molecule has 0 aliphatic rings. The van der Waals surface area contributed by atoms with E-state index in [0.29, 0.717) is 10.7 Å². The Labute approximate surface area is 76.1 Å². The van der Waals surface area contributed by atoms with Crippen molar-refractivity contribution in [3.8, 4) is 0 Å². The molecule has 0 atom stereocenters. The van der Waals surface area contributed by atoms with Gasteiger partial charge in [0.1, 0.15) is 4.60 Å². The van der Waals surface area contributed by atoms with Crippen LogP contribution in [0.15, 0.2) is 23.1 Å². The maximum absolute atomic E-state index is 5.83. The molecule has 0 radical (unpaired) electrons. The number of fused-ring (bicyclic) bond motifs is 1. The number of aromatic nitrogens is 3. The molecule has 0 aromatic carbocycles. The van der Waals surface area contributed by atoms with Crippen molar-refractivity contribution in [2.45, 2.75) is 0 Å². The zero-order chi connectivity index (χ0) is 7.84. The average molecular weight is 232 g/mol. The predicted molar refractivity (Wildman–Crippen MR) is 45.7 cm³/mol. The molecule has 2 rings (SSSR count). The second-order valence-corrected chi connectivity index (χ2v) is 3.23. The molecule has 2 heterocycles. The lowest BCUT2D eigenvalue weighted by Crippen LogP contribution is -1.87. The summed E-state index contributed by atoms with van der Waals surface area (Å²) in [6.45, 7) is 0. The molecule has 0 bridgehead atoms. The molecular weight excluding hydrogens is 229 g/mol. The third kappa shape index (κ3) is 1.12. The lowest BCUT2D eigenvalue weighted by atomic mass is 10.6. The molecule has 5 heteroatoms. The SMILES string of the molecule is Clc1ccnn2cc(Br)nc12. The van der Waals surface area contributed by atoms with Gasteiger partial charge in [0.15, 0.2) is 5.65 Å². The molecule has 3 nitrogen and oxygen atoms in total. The topological polar surface area (TPSA) is 30.2 Å². The van der Waals surface area contributed by atoms with Gasteiger partial charge >= 0.3 is 0 Å². The van der Waals surface area contributed by atoms with Crippen LogP contribution in [0, 0.1) is 0 Å². The van der Waals surface area contributed by atoms with Gasteiger partial charge in [-0.25, -0.2) is 9.50 Å². The zero-order valence-corrected chi connectivity index (χ0v) is 7.67. The Morgan fingerprint density at radius 1 is 1.55 bits per heavy atom. The molecule has 0 fully saturated rings. The molecule has 0 saturated heterocycles. The Hall–Kier alpha value is -0.610. The van der Waals surface area contributed by atoms with Gasteiger partial charge in [0.2, 0.25) is 0 Å². The number of hydrogen-bond donors (Lipinski definition) is 0. The summed E-state index contributed by atoms with van der Waals surface area (Å²) >= 11 is 9.05. The Balaban J connectivity index is 2.90. The molecule has 11 heavy (non-hydrogen) atoms. The van der Waals surface area contributed by atoms with Gasteiger partial charge < -0.3 is 0 Å². The van der Waals surface area contributed by atoms with E-state index >= 15 is 0 Å². The summed E-state index contributed by atoms with van der Waals surface area (Å²) in [5, 5.41) is 4.61. The van der Waals surface area contributed by atoms with Crippen LogP contribution in [0.3, 0.4) is 0 Å². The van der Waals surface area contributed by atoms with Crippen LogP contribution in [-0.2, 0) is 0 Å². The second-order valence-electron chi connectivity index (χ2n) is 2.01. The fourth-order valence-corrected chi connectivity index (χ4v) is 1.39. The van der Waals surface area contributed by atoms with Crippen molar-refractivity contribution in [1.82, 2.24) is 14.6 Å². The average Bonchev–Trinajstić information content (AvgIpc) is 2.31. The van der Waals surface area contributed by atoms with E-state index in [1.54, 1.807) is 23.0 Å². The Morgan fingerprint density at radius 2 is 2.36 bits per heavy atom. The van der Waals surface area contributed by atoms with Crippen LogP contribution in [0.1, 0.15) is 0 Å². The Morgan fingerprint density at radius 3 is 3.09 bits per heavy atom. The normalized spacial score (nSPS) is 10.7. The van der Waals surface area contributed by atoms with Crippen LogP contribution in [0.25, 0.3) is 5.65 Å². The fraction of sp³-hybridized carbons (Fsp3) is 0. The third-order valence-corrected chi connectivity index (χ3v) is 1.96. The summed E-state index contributed by atoms with van der Waals surface area (Å²) in [4.78, 5) is 4.10. The van der Waals surface area contributed by atoms with Crippen molar-refractivity contribution in [3.05, 3.63) is 28.1 Å². The maximum atomic E-state index is 5.83. The molecule has 0 N–H and O–H groups in total. The predicted octanol–water partition coefficient (Wildman–Crippen LogP) is 2.15. The van der Waals surface area contributed by atoms with Crippen LogP contribution >= 0.6 is 27.5 Å². The van der Waals surface area contributed by atoms with Gasteiger partial charge in [-0.15, -0.1) is 0 Å². The molecule has 0 aliphatic carbocycles. The highest BCUT2D eigenvalue weighted by Crippen LogP contribution is 2.16. The van der Waals surface area contributed by atoms with E-state index in [1.165, 1.54) is 0 Å². The molecule has 0 aliphatic heterocycles. The minimum absolute atomic E-state index is 0.603. The van der Waals surface area contributed by atoms with Crippen LogP contribution in [-0.4, -0.2) is 14.6 Å². The van der Waals surface area contributed by atoms with Crippen molar-refractivity contribution in [2.75, 3.05) is 0 Å². The van der Waals surface area contributed by atoms with Gasteiger partial charge in [0.25, 0.3) is 0 Å². The second kappa shape index (κ2) is 2.46. The fourth-order valence-electron chi connectivity index (χ4n) is 0.839. The van der Waals surface area contributed by atoms with Gasteiger partial charge in [-0.05, 0) is 22.0 Å². The van der Waals surface area contributed by atoms with E-state index < -0.39 is 0 Å². The van der Waals surface area contributed by atoms with Gasteiger partial charge in [0, 0.05) is 6.20 Å². The summed E-state index contributed by atoms with van der Waals surface area (Å²) in [6.07, 6.45) is 3.38. The molecule has 0 amide bonds. The summed E-state index contributed by atoms with van der Waals surface area (Å²) in [6, 6.07) is 1.70. The van der Waals surface area contributed by atoms with Crippen LogP contribution in [0.2, 0.25) is 5.02 Å². The first-order chi connectivity index (χ1) is 5.27. The Bertz CT molecular complexity index is 398. The van der Waals surface area contributed by atoms with Crippen LogP contribution in [0.4, 0.5) is 0 Å². The number of hydrogen-bond acceptors (Lipinski definition) is 2. The van der Waals surface area contributed by atoms with Crippen molar-refractivity contribution in [3.63, 3.8) is 0 Å². The largest absolute Gasteiger partial charge is 0.219 e. The number of nitrogens with zero attached hydrogens (tertiary/aromatic N) is 3. The zero-order valence-electron chi connectivity index (χ0n) is 5.33. The first-order valence-corrected chi connectivity index (χ1v) is 4.10. The first kappa shape index (κ1) is 7.06. The van der Waals surface area contributed by atoms with Gasteiger partial charge in [-0.2, -0.15) is 5.10 Å². The minimum atomic E-state index is 0.603. The highest BCUT2D eigenvalue weighted by atomic mass is 79.9. The van der Waals surface area contributed by atoms with Crippen LogP contribution < -0.4 is 0 Å². The third-order valence-electron chi connectivity index (χ3n) is 1.28. The van der Waals surface area contributed by atoms with Crippen molar-refractivity contribution in [1.29, 1.82) is 0 Å². The standard InChI is InChI=1S/C6H3BrClN3/c7-5-3-11-6(10-5)4(8)1-2-9-11/h1-3H. The van der Waals surface area contributed by atoms with Gasteiger partial charge in [-0.3, -0.25) is 0 Å². The smallest absolute Gasteiger partial charge is 0.173 e. The summed E-state index contributed by atoms with van der Waals surface area (Å²) in [5.41, 5.74) is 0.668. The van der Waals surface area contributed by atoms with E-state index in [9.17, 15) is 0 Å². The van der Waals surface area contributed by atoms with Gasteiger partial charge in [-0.1, -0.05) is 11.6 Å². The highest BCUT2D eigenvalue weighted by Gasteiger charge is 2.01. The lowest BCUT2D eigenvalue weighted by Gasteiger charge is -1.90.